The Bertz CT molecular complexity index is 622. The molecule has 0 aliphatic rings. The van der Waals surface area contributed by atoms with E-state index in [1.165, 1.54) is 0 Å². The van der Waals surface area contributed by atoms with Gasteiger partial charge in [-0.2, -0.15) is 0 Å². The molecule has 0 saturated heterocycles. The summed E-state index contributed by atoms with van der Waals surface area (Å²) >= 11 is 0. The molecule has 0 atom stereocenters. The molecule has 0 unspecified atom stereocenters. The van der Waals surface area contributed by atoms with E-state index < -0.39 is 0 Å². The minimum atomic E-state index is 0.170. The van der Waals surface area contributed by atoms with Crippen LogP contribution in [0.15, 0.2) is 36.4 Å². The van der Waals surface area contributed by atoms with Crippen molar-refractivity contribution in [1.82, 2.24) is 0 Å². The van der Waals surface area contributed by atoms with Crippen molar-refractivity contribution in [2.75, 3.05) is 21.3 Å². The highest BCUT2D eigenvalue weighted by Crippen LogP contribution is 2.28. The van der Waals surface area contributed by atoms with E-state index >= 15 is 0 Å². The van der Waals surface area contributed by atoms with Crippen molar-refractivity contribution >= 4 is 0 Å². The standard InChI is InChI=1S/C18H22O4/c1-20-15-9-8-14(17(12-15)21-2)6-4-5-13-7-10-16(19)18(11-13)22-3/h7-12,19H,4-6H2,1-3H3. The summed E-state index contributed by atoms with van der Waals surface area (Å²) in [5.74, 6) is 2.33. The number of ether oxygens (including phenoxy) is 3. The first-order chi connectivity index (χ1) is 10.7. The zero-order valence-corrected chi connectivity index (χ0v) is 13.3. The van der Waals surface area contributed by atoms with Crippen molar-refractivity contribution in [2.24, 2.45) is 0 Å². The Kier molecular flexibility index (Phi) is 5.53. The van der Waals surface area contributed by atoms with Gasteiger partial charge in [-0.1, -0.05) is 12.1 Å². The van der Waals surface area contributed by atoms with Crippen LogP contribution in [-0.4, -0.2) is 26.4 Å². The lowest BCUT2D eigenvalue weighted by Crippen LogP contribution is -1.96. The lowest BCUT2D eigenvalue weighted by Gasteiger charge is -2.11. The normalized spacial score (nSPS) is 10.3. The summed E-state index contributed by atoms with van der Waals surface area (Å²) in [6, 6.07) is 11.3. The van der Waals surface area contributed by atoms with E-state index in [2.05, 4.69) is 0 Å². The number of phenolic OH excluding ortho intramolecular Hbond substituents is 1. The second kappa shape index (κ2) is 7.59. The first-order valence-corrected chi connectivity index (χ1v) is 7.24. The fraction of sp³-hybridized carbons (Fsp3) is 0.333. The molecule has 118 valence electrons. The molecule has 0 aromatic heterocycles. The van der Waals surface area contributed by atoms with Gasteiger partial charge in [-0.25, -0.2) is 0 Å². The zero-order chi connectivity index (χ0) is 15.9. The maximum Gasteiger partial charge on any atom is 0.160 e. The van der Waals surface area contributed by atoms with Crippen LogP contribution in [0.4, 0.5) is 0 Å². The Morgan fingerprint density at radius 1 is 0.818 bits per heavy atom. The number of methoxy groups -OCH3 is 3. The minimum Gasteiger partial charge on any atom is -0.504 e. The largest absolute Gasteiger partial charge is 0.504 e. The number of aromatic hydroxyl groups is 1. The smallest absolute Gasteiger partial charge is 0.160 e. The maximum atomic E-state index is 9.60. The first kappa shape index (κ1) is 16.0. The van der Waals surface area contributed by atoms with Gasteiger partial charge in [-0.15, -0.1) is 0 Å². The molecule has 0 amide bonds. The second-order valence-corrected chi connectivity index (χ2v) is 5.04. The molecule has 0 aliphatic carbocycles. The highest BCUT2D eigenvalue weighted by atomic mass is 16.5. The maximum absolute atomic E-state index is 9.60. The van der Waals surface area contributed by atoms with E-state index in [4.69, 9.17) is 14.2 Å². The van der Waals surface area contributed by atoms with Crippen molar-refractivity contribution in [3.63, 3.8) is 0 Å². The van der Waals surface area contributed by atoms with Crippen LogP contribution in [0.25, 0.3) is 0 Å². The van der Waals surface area contributed by atoms with Crippen molar-refractivity contribution in [1.29, 1.82) is 0 Å². The van der Waals surface area contributed by atoms with Gasteiger partial charge in [0.1, 0.15) is 11.5 Å². The molecule has 2 rings (SSSR count). The lowest BCUT2D eigenvalue weighted by atomic mass is 10.0. The van der Waals surface area contributed by atoms with Gasteiger partial charge in [-0.3, -0.25) is 0 Å². The van der Waals surface area contributed by atoms with Gasteiger partial charge in [-0.05, 0) is 48.6 Å². The molecule has 0 radical (unpaired) electrons. The third-order valence-electron chi connectivity index (χ3n) is 3.65. The SMILES string of the molecule is COc1ccc(CCCc2ccc(O)c(OC)c2)c(OC)c1. The van der Waals surface area contributed by atoms with E-state index in [1.54, 1.807) is 27.4 Å². The van der Waals surface area contributed by atoms with Crippen LogP contribution in [0, 0.1) is 0 Å². The fourth-order valence-corrected chi connectivity index (χ4v) is 2.42. The zero-order valence-electron chi connectivity index (χ0n) is 13.3. The summed E-state index contributed by atoms with van der Waals surface area (Å²) in [5, 5.41) is 9.60. The van der Waals surface area contributed by atoms with Crippen molar-refractivity contribution in [2.45, 2.75) is 19.3 Å². The third kappa shape index (κ3) is 3.85. The third-order valence-corrected chi connectivity index (χ3v) is 3.65. The number of rotatable bonds is 7. The summed E-state index contributed by atoms with van der Waals surface area (Å²) < 4.78 is 15.7. The first-order valence-electron chi connectivity index (χ1n) is 7.24. The summed E-state index contributed by atoms with van der Waals surface area (Å²) in [4.78, 5) is 0. The predicted octanol–water partition coefficient (Wildman–Crippen LogP) is 3.59. The number of aryl methyl sites for hydroxylation is 2. The van der Waals surface area contributed by atoms with Crippen LogP contribution in [0.3, 0.4) is 0 Å². The molecule has 0 aliphatic heterocycles. The number of hydrogen-bond donors (Lipinski definition) is 1. The van der Waals surface area contributed by atoms with Crippen LogP contribution >= 0.6 is 0 Å². The van der Waals surface area contributed by atoms with Crippen molar-refractivity contribution in [3.05, 3.63) is 47.5 Å². The van der Waals surface area contributed by atoms with Gasteiger partial charge in [0.05, 0.1) is 21.3 Å². The van der Waals surface area contributed by atoms with Gasteiger partial charge in [0, 0.05) is 6.07 Å². The van der Waals surface area contributed by atoms with E-state index in [9.17, 15) is 5.11 Å². The lowest BCUT2D eigenvalue weighted by molar-refractivity contribution is 0.373. The molecule has 0 bridgehead atoms. The van der Waals surface area contributed by atoms with E-state index in [0.717, 1.165) is 41.9 Å². The molecule has 22 heavy (non-hydrogen) atoms. The Labute approximate surface area is 131 Å². The Morgan fingerprint density at radius 2 is 1.59 bits per heavy atom. The van der Waals surface area contributed by atoms with Crippen LogP contribution in [-0.2, 0) is 12.8 Å². The molecule has 1 N–H and O–H groups in total. The summed E-state index contributed by atoms with van der Waals surface area (Å²) in [6.45, 7) is 0. The molecule has 2 aromatic carbocycles. The number of hydrogen-bond acceptors (Lipinski definition) is 4. The van der Waals surface area contributed by atoms with Crippen LogP contribution < -0.4 is 14.2 Å². The molecule has 0 spiro atoms. The molecule has 0 saturated carbocycles. The minimum absolute atomic E-state index is 0.170. The van der Waals surface area contributed by atoms with Crippen LogP contribution in [0.2, 0.25) is 0 Å². The molecular formula is C18H22O4. The number of benzene rings is 2. The summed E-state index contributed by atoms with van der Waals surface area (Å²) in [7, 11) is 4.87. The van der Waals surface area contributed by atoms with Crippen molar-refractivity contribution in [3.8, 4) is 23.0 Å². The summed E-state index contributed by atoms with van der Waals surface area (Å²) in [6.07, 6.45) is 2.80. The van der Waals surface area contributed by atoms with Gasteiger partial charge >= 0.3 is 0 Å². The fourth-order valence-electron chi connectivity index (χ4n) is 2.42. The average Bonchev–Trinajstić information content (AvgIpc) is 2.56. The van der Waals surface area contributed by atoms with Crippen LogP contribution in [0.1, 0.15) is 17.5 Å². The van der Waals surface area contributed by atoms with E-state index in [0.29, 0.717) is 5.75 Å². The Balaban J connectivity index is 1.99. The molecule has 0 fully saturated rings. The monoisotopic (exact) mass is 302 g/mol. The van der Waals surface area contributed by atoms with Gasteiger partial charge in [0.15, 0.2) is 11.5 Å². The molecular weight excluding hydrogens is 280 g/mol. The predicted molar refractivity (Wildman–Crippen MR) is 86.2 cm³/mol. The molecule has 4 heteroatoms. The quantitative estimate of drug-likeness (QED) is 0.849. The second-order valence-electron chi connectivity index (χ2n) is 5.04. The average molecular weight is 302 g/mol. The van der Waals surface area contributed by atoms with Gasteiger partial charge < -0.3 is 19.3 Å². The van der Waals surface area contributed by atoms with Gasteiger partial charge in [0.25, 0.3) is 0 Å². The Morgan fingerprint density at radius 3 is 2.27 bits per heavy atom. The van der Waals surface area contributed by atoms with E-state index in [-0.39, 0.29) is 5.75 Å². The summed E-state index contributed by atoms with van der Waals surface area (Å²) in [5.41, 5.74) is 2.30. The van der Waals surface area contributed by atoms with Crippen LogP contribution in [0.5, 0.6) is 23.0 Å². The van der Waals surface area contributed by atoms with E-state index in [1.807, 2.05) is 30.3 Å². The Hall–Kier alpha value is -2.36. The topological polar surface area (TPSA) is 47.9 Å². The molecule has 2 aromatic rings. The van der Waals surface area contributed by atoms with Crippen molar-refractivity contribution < 1.29 is 19.3 Å². The van der Waals surface area contributed by atoms with Gasteiger partial charge in [0.2, 0.25) is 0 Å². The number of phenols is 1. The highest BCUT2D eigenvalue weighted by Gasteiger charge is 2.06. The molecule has 4 nitrogen and oxygen atoms in total. The molecule has 0 heterocycles. The highest BCUT2D eigenvalue weighted by molar-refractivity contribution is 5.42.